The highest BCUT2D eigenvalue weighted by molar-refractivity contribution is 7.14. The first-order valence-electron chi connectivity index (χ1n) is 5.09. The summed E-state index contributed by atoms with van der Waals surface area (Å²) in [6.07, 6.45) is 2.30. The molecule has 0 unspecified atom stereocenters. The molecule has 0 amide bonds. The van der Waals surface area contributed by atoms with Crippen LogP contribution in [0.25, 0.3) is 0 Å². The third kappa shape index (κ3) is 2.65. The fraction of sp³-hybridized carbons (Fsp3) is 0.273. The van der Waals surface area contributed by atoms with Crippen molar-refractivity contribution >= 4 is 17.3 Å². The summed E-state index contributed by atoms with van der Waals surface area (Å²) in [7, 11) is 0. The van der Waals surface area contributed by atoms with E-state index in [1.165, 1.54) is 17.5 Å². The van der Waals surface area contributed by atoms with E-state index in [0.717, 1.165) is 11.3 Å². The van der Waals surface area contributed by atoms with Crippen molar-refractivity contribution in [2.75, 3.05) is 0 Å². The lowest BCUT2D eigenvalue weighted by atomic mass is 10.3. The number of ether oxygens (including phenoxy) is 1. The van der Waals surface area contributed by atoms with Crippen LogP contribution in [0.3, 0.4) is 0 Å². The Morgan fingerprint density at radius 3 is 3.06 bits per heavy atom. The van der Waals surface area contributed by atoms with Gasteiger partial charge >= 0.3 is 5.97 Å². The van der Waals surface area contributed by atoms with Gasteiger partial charge in [0.1, 0.15) is 12.4 Å². The average Bonchev–Trinajstić information content (AvgIpc) is 2.95. The molecule has 0 aliphatic carbocycles. The number of aryl methyl sites for hydroxylation is 1. The molecule has 0 bridgehead atoms. The predicted molar refractivity (Wildman–Crippen MR) is 61.5 cm³/mol. The SMILES string of the molecule is CCc1cc(OCc2ccno2)c(C(=O)O)s1. The number of carboxylic acids is 1. The Morgan fingerprint density at radius 1 is 1.65 bits per heavy atom. The molecule has 2 aromatic rings. The van der Waals surface area contributed by atoms with E-state index in [-0.39, 0.29) is 11.5 Å². The Balaban J connectivity index is 2.13. The Hall–Kier alpha value is -1.82. The maximum absolute atomic E-state index is 11.0. The molecule has 2 aromatic heterocycles. The van der Waals surface area contributed by atoms with Gasteiger partial charge in [-0.15, -0.1) is 11.3 Å². The standard InChI is InChI=1S/C11H11NO4S/c1-2-8-5-9(10(17-8)11(13)14)15-6-7-3-4-12-16-7/h3-5H,2,6H2,1H3,(H,13,14). The van der Waals surface area contributed by atoms with Crippen LogP contribution in [-0.2, 0) is 13.0 Å². The molecule has 0 aliphatic rings. The van der Waals surface area contributed by atoms with Crippen molar-refractivity contribution in [2.24, 2.45) is 0 Å². The monoisotopic (exact) mass is 253 g/mol. The number of rotatable bonds is 5. The van der Waals surface area contributed by atoms with Gasteiger partial charge < -0.3 is 14.4 Å². The lowest BCUT2D eigenvalue weighted by Gasteiger charge is -2.01. The molecule has 17 heavy (non-hydrogen) atoms. The largest absolute Gasteiger partial charge is 0.484 e. The molecule has 0 saturated heterocycles. The minimum absolute atomic E-state index is 0.181. The van der Waals surface area contributed by atoms with Crippen molar-refractivity contribution in [3.8, 4) is 5.75 Å². The van der Waals surface area contributed by atoms with E-state index >= 15 is 0 Å². The van der Waals surface area contributed by atoms with Crippen molar-refractivity contribution < 1.29 is 19.2 Å². The second-order valence-electron chi connectivity index (χ2n) is 3.33. The summed E-state index contributed by atoms with van der Waals surface area (Å²) in [5.41, 5.74) is 0. The quantitative estimate of drug-likeness (QED) is 0.886. The first-order chi connectivity index (χ1) is 8.20. The molecule has 0 aromatic carbocycles. The molecular weight excluding hydrogens is 242 g/mol. The minimum atomic E-state index is -0.970. The first-order valence-corrected chi connectivity index (χ1v) is 5.90. The van der Waals surface area contributed by atoms with Crippen LogP contribution in [0.4, 0.5) is 0 Å². The number of aromatic carboxylic acids is 1. The van der Waals surface area contributed by atoms with Gasteiger partial charge in [0.2, 0.25) is 0 Å². The number of carboxylic acid groups (broad SMARTS) is 1. The van der Waals surface area contributed by atoms with Gasteiger partial charge in [0.05, 0.1) is 6.20 Å². The first kappa shape index (κ1) is 11.7. The van der Waals surface area contributed by atoms with Gasteiger partial charge in [-0.3, -0.25) is 0 Å². The predicted octanol–water partition coefficient (Wildman–Crippen LogP) is 2.58. The van der Waals surface area contributed by atoms with Crippen molar-refractivity contribution in [3.05, 3.63) is 33.8 Å². The van der Waals surface area contributed by atoms with E-state index in [1.54, 1.807) is 12.1 Å². The molecule has 0 radical (unpaired) electrons. The van der Waals surface area contributed by atoms with Crippen LogP contribution in [0.2, 0.25) is 0 Å². The molecule has 2 heterocycles. The fourth-order valence-electron chi connectivity index (χ4n) is 1.32. The van der Waals surface area contributed by atoms with Gasteiger partial charge in [0, 0.05) is 10.9 Å². The molecule has 90 valence electrons. The molecular formula is C11H11NO4S. The summed E-state index contributed by atoms with van der Waals surface area (Å²) >= 11 is 1.23. The van der Waals surface area contributed by atoms with Crippen LogP contribution in [0.5, 0.6) is 5.75 Å². The Kier molecular flexibility index (Phi) is 3.43. The molecule has 0 aliphatic heterocycles. The number of nitrogens with zero attached hydrogens (tertiary/aromatic N) is 1. The summed E-state index contributed by atoms with van der Waals surface area (Å²) in [4.78, 5) is 12.2. The third-order valence-corrected chi connectivity index (χ3v) is 3.40. The normalized spacial score (nSPS) is 10.4. The Bertz CT molecular complexity index is 504. The van der Waals surface area contributed by atoms with Crippen LogP contribution in [-0.4, -0.2) is 16.2 Å². The molecule has 0 spiro atoms. The fourth-order valence-corrected chi connectivity index (χ4v) is 2.20. The molecule has 1 N–H and O–H groups in total. The van der Waals surface area contributed by atoms with Crippen molar-refractivity contribution in [1.82, 2.24) is 5.16 Å². The van der Waals surface area contributed by atoms with Gasteiger partial charge in [-0.1, -0.05) is 12.1 Å². The number of aromatic nitrogens is 1. The molecule has 6 heteroatoms. The second-order valence-corrected chi connectivity index (χ2v) is 4.47. The van der Waals surface area contributed by atoms with E-state index in [4.69, 9.17) is 14.4 Å². The number of thiophene rings is 1. The van der Waals surface area contributed by atoms with Gasteiger partial charge in [-0.25, -0.2) is 4.79 Å². The van der Waals surface area contributed by atoms with Crippen LogP contribution in [0.15, 0.2) is 22.9 Å². The van der Waals surface area contributed by atoms with Crippen LogP contribution < -0.4 is 4.74 Å². The highest BCUT2D eigenvalue weighted by atomic mass is 32.1. The Labute approximate surface area is 102 Å². The zero-order valence-electron chi connectivity index (χ0n) is 9.17. The van der Waals surface area contributed by atoms with E-state index < -0.39 is 5.97 Å². The molecule has 0 saturated carbocycles. The minimum Gasteiger partial charge on any atom is -0.484 e. The summed E-state index contributed by atoms with van der Waals surface area (Å²) in [6.45, 7) is 2.15. The summed E-state index contributed by atoms with van der Waals surface area (Å²) in [5.74, 6) is -0.0244. The second kappa shape index (κ2) is 5.01. The Morgan fingerprint density at radius 2 is 2.47 bits per heavy atom. The van der Waals surface area contributed by atoms with E-state index in [2.05, 4.69) is 5.16 Å². The van der Waals surface area contributed by atoms with E-state index in [9.17, 15) is 4.79 Å². The van der Waals surface area contributed by atoms with E-state index in [1.807, 2.05) is 6.92 Å². The number of carbonyl (C=O) groups is 1. The molecule has 2 rings (SSSR count). The van der Waals surface area contributed by atoms with Gasteiger partial charge in [-0.2, -0.15) is 0 Å². The summed E-state index contributed by atoms with van der Waals surface area (Å²) in [6, 6.07) is 3.43. The highest BCUT2D eigenvalue weighted by Crippen LogP contribution is 2.30. The lowest BCUT2D eigenvalue weighted by molar-refractivity contribution is 0.0697. The highest BCUT2D eigenvalue weighted by Gasteiger charge is 2.16. The maximum Gasteiger partial charge on any atom is 0.349 e. The summed E-state index contributed by atoms with van der Waals surface area (Å²) < 4.78 is 10.3. The number of hydrogen-bond acceptors (Lipinski definition) is 5. The van der Waals surface area contributed by atoms with Gasteiger partial charge in [0.25, 0.3) is 0 Å². The molecule has 0 atom stereocenters. The van der Waals surface area contributed by atoms with Crippen molar-refractivity contribution in [3.63, 3.8) is 0 Å². The van der Waals surface area contributed by atoms with Crippen LogP contribution in [0.1, 0.15) is 27.2 Å². The van der Waals surface area contributed by atoms with Gasteiger partial charge in [-0.05, 0) is 12.5 Å². The van der Waals surface area contributed by atoms with Crippen LogP contribution in [0, 0.1) is 0 Å². The smallest absolute Gasteiger partial charge is 0.349 e. The lowest BCUT2D eigenvalue weighted by Crippen LogP contribution is -1.99. The topological polar surface area (TPSA) is 72.6 Å². The molecule has 0 fully saturated rings. The van der Waals surface area contributed by atoms with E-state index in [0.29, 0.717) is 11.5 Å². The summed E-state index contributed by atoms with van der Waals surface area (Å²) in [5, 5.41) is 12.6. The maximum atomic E-state index is 11.0. The molecule has 5 nitrogen and oxygen atoms in total. The van der Waals surface area contributed by atoms with Gasteiger partial charge in [0.15, 0.2) is 10.6 Å². The van der Waals surface area contributed by atoms with Crippen molar-refractivity contribution in [2.45, 2.75) is 20.0 Å². The number of hydrogen-bond donors (Lipinski definition) is 1. The van der Waals surface area contributed by atoms with Crippen molar-refractivity contribution in [1.29, 1.82) is 0 Å². The third-order valence-electron chi connectivity index (χ3n) is 2.15. The van der Waals surface area contributed by atoms with Crippen LogP contribution >= 0.6 is 11.3 Å². The average molecular weight is 253 g/mol. The zero-order chi connectivity index (χ0) is 12.3. The zero-order valence-corrected chi connectivity index (χ0v) is 9.99.